The molecule has 12 heteroatoms. The van der Waals surface area contributed by atoms with E-state index in [4.69, 9.17) is 9.72 Å². The highest BCUT2D eigenvalue weighted by Gasteiger charge is 2.40. The smallest absolute Gasteiger partial charge is 0.246 e. The Bertz CT molecular complexity index is 1820. The van der Waals surface area contributed by atoms with Gasteiger partial charge >= 0.3 is 0 Å². The van der Waals surface area contributed by atoms with Gasteiger partial charge in [0.05, 0.1) is 11.2 Å². The lowest BCUT2D eigenvalue weighted by Crippen LogP contribution is -2.44. The SMILES string of the molecule is C=CC(=O)N1C[C@H]2C[C@@H]1CN(c1ccc3ncnc(Nc4ccc(Oc5ccn6ncnc6c5)c(C)c4F)c3n1)C2. The quantitative estimate of drug-likeness (QED) is 0.309. The van der Waals surface area contributed by atoms with Crippen molar-refractivity contribution in [3.05, 3.63) is 79.3 Å². The molecule has 1 amide bonds. The lowest BCUT2D eigenvalue weighted by molar-refractivity contribution is -0.126. The highest BCUT2D eigenvalue weighted by atomic mass is 19.1. The largest absolute Gasteiger partial charge is 0.457 e. The summed E-state index contributed by atoms with van der Waals surface area (Å²) in [5, 5.41) is 7.18. The molecule has 6 heterocycles. The molecular weight excluding hydrogens is 525 g/mol. The Morgan fingerprint density at radius 1 is 1.12 bits per heavy atom. The average Bonchev–Trinajstić information content (AvgIpc) is 3.59. The van der Waals surface area contributed by atoms with Gasteiger partial charge in [0.25, 0.3) is 0 Å². The van der Waals surface area contributed by atoms with Crippen molar-refractivity contribution >= 4 is 39.9 Å². The van der Waals surface area contributed by atoms with Gasteiger partial charge < -0.3 is 19.9 Å². The zero-order valence-electron chi connectivity index (χ0n) is 22.2. The maximum atomic E-state index is 15.6. The number of amides is 1. The van der Waals surface area contributed by atoms with Crippen molar-refractivity contribution in [2.75, 3.05) is 29.9 Å². The fraction of sp³-hybridized carbons (Fsp3) is 0.241. The van der Waals surface area contributed by atoms with Crippen LogP contribution in [0.25, 0.3) is 16.7 Å². The summed E-state index contributed by atoms with van der Waals surface area (Å²) >= 11 is 0. The summed E-state index contributed by atoms with van der Waals surface area (Å²) in [4.78, 5) is 34.2. The lowest BCUT2D eigenvalue weighted by Gasteiger charge is -2.33. The van der Waals surface area contributed by atoms with Gasteiger partial charge in [-0.25, -0.2) is 28.8 Å². The van der Waals surface area contributed by atoms with E-state index in [1.54, 1.807) is 41.9 Å². The Morgan fingerprint density at radius 2 is 2.02 bits per heavy atom. The summed E-state index contributed by atoms with van der Waals surface area (Å²) in [6, 6.07) is 10.7. The number of hydrogen-bond donors (Lipinski definition) is 1. The number of likely N-dealkylation sites (tertiary alicyclic amines) is 1. The van der Waals surface area contributed by atoms with Crippen LogP contribution in [0, 0.1) is 18.7 Å². The van der Waals surface area contributed by atoms with E-state index in [0.717, 1.165) is 25.3 Å². The first-order chi connectivity index (χ1) is 20.0. The van der Waals surface area contributed by atoms with Gasteiger partial charge in [0.2, 0.25) is 5.91 Å². The number of nitrogens with one attached hydrogen (secondary N) is 1. The Hall–Kier alpha value is -5.13. The number of anilines is 3. The molecule has 2 aliphatic heterocycles. The predicted octanol–water partition coefficient (Wildman–Crippen LogP) is 4.27. The van der Waals surface area contributed by atoms with Gasteiger partial charge in [-0.15, -0.1) is 0 Å². The van der Waals surface area contributed by atoms with Crippen molar-refractivity contribution in [3.8, 4) is 11.5 Å². The minimum atomic E-state index is -0.464. The summed E-state index contributed by atoms with van der Waals surface area (Å²) in [5.41, 5.74) is 2.37. The molecule has 2 fully saturated rings. The fourth-order valence-corrected chi connectivity index (χ4v) is 5.72. The highest BCUT2D eigenvalue weighted by Crippen LogP contribution is 2.35. The number of halogens is 1. The van der Waals surface area contributed by atoms with Gasteiger partial charge in [-0.1, -0.05) is 6.58 Å². The summed E-state index contributed by atoms with van der Waals surface area (Å²) in [7, 11) is 0. The van der Waals surface area contributed by atoms with Crippen LogP contribution in [-0.2, 0) is 4.79 Å². The second kappa shape index (κ2) is 9.81. The molecule has 0 unspecified atom stereocenters. The normalized spacial score (nSPS) is 18.2. The van der Waals surface area contributed by atoms with Gasteiger partial charge in [-0.2, -0.15) is 5.10 Å². The first kappa shape index (κ1) is 24.9. The second-order valence-electron chi connectivity index (χ2n) is 10.3. The molecular formula is C29H26FN9O2. The molecule has 1 N–H and O–H groups in total. The number of nitrogens with zero attached hydrogens (tertiary/aromatic N) is 8. The van der Waals surface area contributed by atoms with Crippen molar-refractivity contribution in [3.63, 3.8) is 0 Å². The number of ether oxygens (including phenoxy) is 1. The van der Waals surface area contributed by atoms with Gasteiger partial charge in [-0.05, 0) is 55.7 Å². The van der Waals surface area contributed by atoms with E-state index >= 15 is 4.39 Å². The number of pyridine rings is 2. The van der Waals surface area contributed by atoms with Crippen LogP contribution in [0.1, 0.15) is 12.0 Å². The summed E-state index contributed by atoms with van der Waals surface area (Å²) in [5.74, 6) is 1.94. The standard InChI is InChI=1S/C29H26FN9O2/c1-3-26(40)38-13-18-10-19(38)14-37(12-18)24-7-5-22-28(36-24)29(33-15-31-22)35-21-4-6-23(17(2)27(21)30)41-20-8-9-39-25(11-20)32-16-34-39/h3-9,11,15-16,18-19H,1,10,12-14H2,2H3,(H,31,33,35)/t18-,19+/m0/s1. The average molecular weight is 552 g/mol. The molecule has 41 heavy (non-hydrogen) atoms. The van der Waals surface area contributed by atoms with Crippen LogP contribution in [0.5, 0.6) is 11.5 Å². The molecule has 206 valence electrons. The molecule has 0 aliphatic carbocycles. The first-order valence-electron chi connectivity index (χ1n) is 13.3. The first-order valence-corrected chi connectivity index (χ1v) is 13.3. The molecule has 2 saturated heterocycles. The number of hydrogen-bond acceptors (Lipinski definition) is 9. The third-order valence-corrected chi connectivity index (χ3v) is 7.73. The van der Waals surface area contributed by atoms with Crippen molar-refractivity contribution in [1.82, 2.24) is 34.4 Å². The molecule has 2 bridgehead atoms. The van der Waals surface area contributed by atoms with Gasteiger partial charge in [0.1, 0.15) is 35.5 Å². The molecule has 0 spiro atoms. The number of rotatable bonds is 6. The number of carbonyl (C=O) groups is 1. The van der Waals surface area contributed by atoms with E-state index in [2.05, 4.69) is 36.8 Å². The van der Waals surface area contributed by atoms with Crippen LogP contribution >= 0.6 is 0 Å². The van der Waals surface area contributed by atoms with E-state index in [-0.39, 0.29) is 17.6 Å². The Balaban J connectivity index is 1.15. The van der Waals surface area contributed by atoms with Crippen LogP contribution in [0.3, 0.4) is 0 Å². The van der Waals surface area contributed by atoms with Gasteiger partial charge in [0, 0.05) is 43.5 Å². The highest BCUT2D eigenvalue weighted by molar-refractivity contribution is 5.89. The zero-order chi connectivity index (χ0) is 28.1. The minimum absolute atomic E-state index is 0.0316. The zero-order valence-corrected chi connectivity index (χ0v) is 22.2. The number of piperidine rings is 1. The van der Waals surface area contributed by atoms with E-state index in [9.17, 15) is 4.79 Å². The second-order valence-corrected chi connectivity index (χ2v) is 10.3. The summed E-state index contributed by atoms with van der Waals surface area (Å²) in [6.07, 6.45) is 6.97. The summed E-state index contributed by atoms with van der Waals surface area (Å²) in [6.45, 7) is 7.51. The third kappa shape index (κ3) is 4.46. The maximum absolute atomic E-state index is 15.6. The van der Waals surface area contributed by atoms with E-state index < -0.39 is 5.82 Å². The number of aromatic nitrogens is 6. The van der Waals surface area contributed by atoms with E-state index in [0.29, 0.717) is 52.0 Å². The lowest BCUT2D eigenvalue weighted by atomic mass is 10.00. The number of carbonyl (C=O) groups excluding carboxylic acids is 1. The van der Waals surface area contributed by atoms with Crippen LogP contribution in [0.2, 0.25) is 0 Å². The Morgan fingerprint density at radius 3 is 2.90 bits per heavy atom. The van der Waals surface area contributed by atoms with Crippen molar-refractivity contribution in [2.24, 2.45) is 5.92 Å². The Kier molecular flexibility index (Phi) is 5.95. The fourth-order valence-electron chi connectivity index (χ4n) is 5.72. The van der Waals surface area contributed by atoms with Crippen LogP contribution < -0.4 is 15.0 Å². The molecule has 0 saturated carbocycles. The molecule has 7 rings (SSSR count). The van der Waals surface area contributed by atoms with Crippen LogP contribution in [-0.4, -0.2) is 66.0 Å². The maximum Gasteiger partial charge on any atom is 0.246 e. The molecule has 11 nitrogen and oxygen atoms in total. The predicted molar refractivity (Wildman–Crippen MR) is 151 cm³/mol. The monoisotopic (exact) mass is 551 g/mol. The molecule has 1 aromatic carbocycles. The number of fused-ring (bicyclic) bond motifs is 4. The van der Waals surface area contributed by atoms with Gasteiger partial charge in [-0.3, -0.25) is 4.79 Å². The van der Waals surface area contributed by atoms with Crippen molar-refractivity contribution < 1.29 is 13.9 Å². The van der Waals surface area contributed by atoms with Crippen LogP contribution in [0.15, 0.2) is 67.9 Å². The van der Waals surface area contributed by atoms with E-state index in [1.807, 2.05) is 17.0 Å². The van der Waals surface area contributed by atoms with Crippen molar-refractivity contribution in [2.45, 2.75) is 19.4 Å². The van der Waals surface area contributed by atoms with Gasteiger partial charge in [0.15, 0.2) is 17.3 Å². The molecule has 0 radical (unpaired) electrons. The minimum Gasteiger partial charge on any atom is -0.457 e. The molecule has 5 aromatic rings. The topological polar surface area (TPSA) is 114 Å². The summed E-state index contributed by atoms with van der Waals surface area (Å²) < 4.78 is 23.1. The molecule has 4 aromatic heterocycles. The van der Waals surface area contributed by atoms with Crippen molar-refractivity contribution in [1.29, 1.82) is 0 Å². The Labute approximate surface area is 234 Å². The molecule has 2 atom stereocenters. The number of benzene rings is 1. The third-order valence-electron chi connectivity index (χ3n) is 7.73. The molecule has 2 aliphatic rings. The van der Waals surface area contributed by atoms with E-state index in [1.165, 1.54) is 18.7 Å². The van der Waals surface area contributed by atoms with Crippen LogP contribution in [0.4, 0.5) is 21.7 Å².